The number of carbonyl (C=O) groups is 1. The molecule has 0 unspecified atom stereocenters. The number of aliphatic carboxylic acids is 1. The average Bonchev–Trinajstić information content (AvgIpc) is 2.15. The summed E-state index contributed by atoms with van der Waals surface area (Å²) in [4.78, 5) is 11.0. The van der Waals surface area contributed by atoms with Crippen molar-refractivity contribution in [1.82, 2.24) is 5.32 Å². The molecule has 0 aromatic rings. The lowest BCUT2D eigenvalue weighted by atomic mass is 10.4. The van der Waals surface area contributed by atoms with E-state index in [1.807, 2.05) is 0 Å². The molecule has 0 spiro atoms. The van der Waals surface area contributed by atoms with Crippen molar-refractivity contribution in [3.63, 3.8) is 0 Å². The van der Waals surface area contributed by atoms with Crippen LogP contribution in [0.2, 0.25) is 0 Å². The summed E-state index contributed by atoms with van der Waals surface area (Å²) in [5.41, 5.74) is 0. The minimum absolute atomic E-state index is 0.182. The van der Waals surface area contributed by atoms with E-state index in [0.717, 1.165) is 28.6 Å². The van der Waals surface area contributed by atoms with Crippen molar-refractivity contribution in [3.05, 3.63) is 0 Å². The van der Waals surface area contributed by atoms with Crippen LogP contribution in [-0.2, 0) is 4.79 Å². The maximum Gasteiger partial charge on any atom is 0.309 e. The summed E-state index contributed by atoms with van der Waals surface area (Å²) in [6.07, 6.45) is 0.182. The molecule has 0 saturated heterocycles. The molecule has 0 bridgehead atoms. The Morgan fingerprint density at radius 2 is 2.67 bits per heavy atom. The third kappa shape index (κ3) is 2.15. The van der Waals surface area contributed by atoms with Gasteiger partial charge in [0, 0.05) is 11.5 Å². The summed E-state index contributed by atoms with van der Waals surface area (Å²) < 4.78 is 0. The molecule has 0 amide bonds. The molecule has 0 saturated carbocycles. The highest BCUT2D eigenvalue weighted by Crippen LogP contribution is 1.99. The molecule has 4 heteroatoms. The number of hydrogen-bond donors (Lipinski definition) is 3. The Hall–Kier alpha value is -0.350. The van der Waals surface area contributed by atoms with Crippen LogP contribution in [0.15, 0.2) is 0 Å². The third-order valence-corrected chi connectivity index (χ3v) is 2.21. The van der Waals surface area contributed by atoms with Crippen LogP contribution in [0.3, 0.4) is 0 Å². The van der Waals surface area contributed by atoms with Crippen LogP contribution in [0, 0.1) is 0 Å². The molecular weight excluding hydrogens is 138 g/mol. The Balaban J connectivity index is 2.35. The van der Waals surface area contributed by atoms with Gasteiger partial charge in [-0.25, -0.2) is 0 Å². The van der Waals surface area contributed by atoms with Gasteiger partial charge < -0.3 is 5.11 Å². The summed E-state index contributed by atoms with van der Waals surface area (Å²) >= 11 is 1.16. The van der Waals surface area contributed by atoms with Crippen molar-refractivity contribution in [3.8, 4) is 0 Å². The molecule has 0 fully saturated rings. The summed E-state index contributed by atoms with van der Waals surface area (Å²) in [7, 11) is 0. The van der Waals surface area contributed by atoms with Crippen LogP contribution in [0.5, 0.6) is 0 Å². The standard InChI is InChI=1S/C5H9NO2S/c7-5(8)3-4-6-1-2-9-4/h6,9H,1-3H2,(H,7,8). The van der Waals surface area contributed by atoms with Crippen LogP contribution in [-0.4, -0.2) is 28.4 Å². The molecule has 52 valence electrons. The van der Waals surface area contributed by atoms with Crippen LogP contribution in [0.25, 0.3) is 0 Å². The van der Waals surface area contributed by atoms with E-state index in [-0.39, 0.29) is 6.42 Å². The van der Waals surface area contributed by atoms with Gasteiger partial charge >= 0.3 is 5.97 Å². The van der Waals surface area contributed by atoms with Crippen LogP contribution >= 0.6 is 11.4 Å². The molecule has 0 atom stereocenters. The summed E-state index contributed by atoms with van der Waals surface area (Å²) in [6, 6.07) is 0. The molecule has 0 aromatic heterocycles. The lowest BCUT2D eigenvalue weighted by Crippen LogP contribution is -2.20. The quantitative estimate of drug-likeness (QED) is 0.370. The summed E-state index contributed by atoms with van der Waals surface area (Å²) in [6.45, 7) is 0.935. The van der Waals surface area contributed by atoms with Crippen molar-refractivity contribution in [2.45, 2.75) is 6.42 Å². The minimum atomic E-state index is -0.744. The molecule has 1 aliphatic rings. The van der Waals surface area contributed by atoms with E-state index >= 15 is 0 Å². The van der Waals surface area contributed by atoms with Gasteiger partial charge in [0.2, 0.25) is 0 Å². The summed E-state index contributed by atoms with van der Waals surface area (Å²) in [5, 5.41) is 11.3. The number of hydrogen-bond acceptors (Lipinski definition) is 2. The van der Waals surface area contributed by atoms with Gasteiger partial charge in [0.05, 0.1) is 6.42 Å². The summed E-state index contributed by atoms with van der Waals surface area (Å²) in [5.74, 6) is 0.315. The normalized spacial score (nSPS) is 18.4. The third-order valence-electron chi connectivity index (χ3n) is 1.06. The predicted molar refractivity (Wildman–Crippen MR) is 39.1 cm³/mol. The Bertz CT molecular complexity index is 155. The smallest absolute Gasteiger partial charge is 0.309 e. The van der Waals surface area contributed by atoms with Crippen molar-refractivity contribution in [1.29, 1.82) is 0 Å². The van der Waals surface area contributed by atoms with Crippen LogP contribution in [0.1, 0.15) is 6.42 Å². The minimum Gasteiger partial charge on any atom is -0.481 e. The van der Waals surface area contributed by atoms with Gasteiger partial charge in [-0.2, -0.15) is 11.4 Å². The van der Waals surface area contributed by atoms with Gasteiger partial charge in [-0.05, 0) is 5.75 Å². The topological polar surface area (TPSA) is 49.3 Å². The molecule has 3 nitrogen and oxygen atoms in total. The van der Waals surface area contributed by atoms with Crippen LogP contribution < -0.4 is 5.32 Å². The zero-order valence-electron chi connectivity index (χ0n) is 4.92. The molecule has 0 aromatic carbocycles. The molecule has 0 aliphatic carbocycles. The zero-order chi connectivity index (χ0) is 6.69. The molecule has 2 N–H and O–H groups in total. The van der Waals surface area contributed by atoms with E-state index in [4.69, 9.17) is 5.11 Å². The Labute approximate surface area is 57.0 Å². The zero-order valence-corrected chi connectivity index (χ0v) is 5.82. The number of carboxylic acids is 1. The van der Waals surface area contributed by atoms with E-state index in [2.05, 4.69) is 5.32 Å². The van der Waals surface area contributed by atoms with Crippen molar-refractivity contribution < 1.29 is 9.90 Å². The number of carboxylic acid groups (broad SMARTS) is 1. The number of thiol groups is 1. The van der Waals surface area contributed by atoms with E-state index in [1.165, 1.54) is 0 Å². The van der Waals surface area contributed by atoms with Gasteiger partial charge in [-0.15, -0.1) is 0 Å². The molecule has 1 heterocycles. The van der Waals surface area contributed by atoms with Gasteiger partial charge in [0.25, 0.3) is 0 Å². The molecule has 9 heavy (non-hydrogen) atoms. The fraction of sp³-hybridized carbons (Fsp3) is 0.600. The highest BCUT2D eigenvalue weighted by Gasteiger charge is 2.06. The van der Waals surface area contributed by atoms with Crippen molar-refractivity contribution in [2.24, 2.45) is 0 Å². The first kappa shape index (κ1) is 6.77. The van der Waals surface area contributed by atoms with Gasteiger partial charge in [0.15, 0.2) is 0 Å². The van der Waals surface area contributed by atoms with E-state index < -0.39 is 5.97 Å². The first-order valence-electron chi connectivity index (χ1n) is 2.78. The Kier molecular flexibility index (Phi) is 2.24. The van der Waals surface area contributed by atoms with E-state index in [1.54, 1.807) is 0 Å². The lowest BCUT2D eigenvalue weighted by molar-refractivity contribution is -0.135. The first-order chi connectivity index (χ1) is 4.29. The largest absolute Gasteiger partial charge is 0.481 e. The average molecular weight is 147 g/mol. The van der Waals surface area contributed by atoms with Crippen molar-refractivity contribution in [2.75, 3.05) is 12.3 Å². The van der Waals surface area contributed by atoms with Gasteiger partial charge in [-0.3, -0.25) is 10.1 Å². The second kappa shape index (κ2) is 2.98. The van der Waals surface area contributed by atoms with Gasteiger partial charge in [0.1, 0.15) is 0 Å². The maximum atomic E-state index is 10.1. The Morgan fingerprint density at radius 3 is 3.11 bits per heavy atom. The predicted octanol–water partition coefficient (Wildman–Crippen LogP) is -0.340. The molecule has 1 rings (SSSR count). The van der Waals surface area contributed by atoms with Crippen LogP contribution in [0.4, 0.5) is 0 Å². The highest BCUT2D eigenvalue weighted by atomic mass is 32.1. The molecular formula is C5H9NO2S. The fourth-order valence-electron chi connectivity index (χ4n) is 0.709. The Morgan fingerprint density at radius 1 is 1.89 bits per heavy atom. The molecule has 1 aliphatic heterocycles. The second-order valence-corrected chi connectivity index (χ2v) is 3.13. The number of nitrogens with one attached hydrogen (secondary N) is 1. The van der Waals surface area contributed by atoms with Gasteiger partial charge in [-0.1, -0.05) is 0 Å². The molecule has 0 radical (unpaired) electrons. The SMILES string of the molecule is O=C(O)CC1=[SH]CCN1. The monoisotopic (exact) mass is 147 g/mol. The number of rotatable bonds is 2. The highest BCUT2D eigenvalue weighted by molar-refractivity contribution is 7.99. The van der Waals surface area contributed by atoms with E-state index in [9.17, 15) is 4.79 Å². The lowest BCUT2D eigenvalue weighted by Gasteiger charge is -1.94. The van der Waals surface area contributed by atoms with Crippen molar-refractivity contribution >= 4 is 22.3 Å². The first-order valence-corrected chi connectivity index (χ1v) is 3.86. The maximum absolute atomic E-state index is 10.1. The second-order valence-electron chi connectivity index (χ2n) is 1.83. The fourth-order valence-corrected chi connectivity index (χ4v) is 1.67. The van der Waals surface area contributed by atoms with E-state index in [0.29, 0.717) is 0 Å².